The zero-order valence-corrected chi connectivity index (χ0v) is 19.9. The molecule has 0 aliphatic carbocycles. The fraction of sp³-hybridized carbons (Fsp3) is 0.400. The van der Waals surface area contributed by atoms with Gasteiger partial charge in [0, 0.05) is 5.56 Å². The Hall–Kier alpha value is -0.414. The number of ether oxygens (including phenoxy) is 1. The molecule has 2 rings (SSSR count). The van der Waals surface area contributed by atoms with Crippen molar-refractivity contribution in [3.05, 3.63) is 48.0 Å². The molecule has 0 atom stereocenters. The fourth-order valence-corrected chi connectivity index (χ4v) is 3.74. The molecule has 0 aromatic heterocycles. The van der Waals surface area contributed by atoms with Gasteiger partial charge in [-0.25, -0.2) is 0 Å². The first kappa shape index (κ1) is 24.6. The first-order chi connectivity index (χ1) is 12.4. The Morgan fingerprint density at radius 1 is 0.963 bits per heavy atom. The third-order valence-electron chi connectivity index (χ3n) is 4.19. The maximum absolute atomic E-state index is 12.1. The van der Waals surface area contributed by atoms with Crippen LogP contribution in [0.5, 0.6) is 17.2 Å². The SMILES string of the molecule is CCCCCCCCc1c(Oc2ccccc2)ccc([O-])c1S(=O)(=O)O.[K+]. The van der Waals surface area contributed by atoms with Crippen molar-refractivity contribution in [1.29, 1.82) is 0 Å². The monoisotopic (exact) mass is 416 g/mol. The molecule has 0 saturated carbocycles. The van der Waals surface area contributed by atoms with Crippen LogP contribution in [0.15, 0.2) is 47.4 Å². The van der Waals surface area contributed by atoms with Crippen LogP contribution >= 0.6 is 0 Å². The Kier molecular flexibility index (Phi) is 11.1. The van der Waals surface area contributed by atoms with Crippen LogP contribution in [0, 0.1) is 0 Å². The van der Waals surface area contributed by atoms with Crippen LogP contribution < -0.4 is 61.2 Å². The van der Waals surface area contributed by atoms with Crippen molar-refractivity contribution in [3.63, 3.8) is 0 Å². The Morgan fingerprint density at radius 2 is 1.59 bits per heavy atom. The molecular weight excluding hydrogens is 391 g/mol. The first-order valence-electron chi connectivity index (χ1n) is 8.96. The molecule has 0 heterocycles. The van der Waals surface area contributed by atoms with Crippen LogP contribution in [0.2, 0.25) is 0 Å². The van der Waals surface area contributed by atoms with Crippen LogP contribution in [-0.4, -0.2) is 13.0 Å². The fourth-order valence-electron chi connectivity index (χ4n) is 2.90. The molecule has 0 radical (unpaired) electrons. The van der Waals surface area contributed by atoms with E-state index in [1.54, 1.807) is 24.3 Å². The van der Waals surface area contributed by atoms with Gasteiger partial charge in [-0.1, -0.05) is 69.0 Å². The first-order valence-corrected chi connectivity index (χ1v) is 10.4. The maximum Gasteiger partial charge on any atom is 1.00 e. The quantitative estimate of drug-likeness (QED) is 0.362. The standard InChI is InChI=1S/C20H26O5S.K/c1-2-3-4-5-6-10-13-17-19(25-16-11-8-7-9-12-16)15-14-18(21)20(17)26(22,23)24;/h7-9,11-12,14-15,21H,2-6,10,13H2,1H3,(H,22,23,24);/q;+1/p-1. The van der Waals surface area contributed by atoms with E-state index in [9.17, 15) is 18.1 Å². The van der Waals surface area contributed by atoms with Crippen molar-refractivity contribution < 1.29 is 74.2 Å². The summed E-state index contributed by atoms with van der Waals surface area (Å²) in [6, 6.07) is 11.5. The molecule has 2 aromatic carbocycles. The predicted octanol–water partition coefficient (Wildman–Crippen LogP) is 1.71. The van der Waals surface area contributed by atoms with E-state index < -0.39 is 20.8 Å². The molecule has 5 nitrogen and oxygen atoms in total. The van der Waals surface area contributed by atoms with E-state index in [0.717, 1.165) is 38.2 Å². The molecule has 142 valence electrons. The van der Waals surface area contributed by atoms with Crippen molar-refractivity contribution in [1.82, 2.24) is 0 Å². The molecule has 1 N–H and O–H groups in total. The summed E-state index contributed by atoms with van der Waals surface area (Å²) in [5.74, 6) is 0.113. The molecule has 0 aliphatic rings. The van der Waals surface area contributed by atoms with Crippen molar-refractivity contribution in [2.75, 3.05) is 0 Å². The number of unbranched alkanes of at least 4 members (excludes halogenated alkanes) is 5. The van der Waals surface area contributed by atoms with Gasteiger partial charge in [-0.15, -0.1) is 0 Å². The minimum atomic E-state index is -4.62. The molecule has 0 unspecified atom stereocenters. The van der Waals surface area contributed by atoms with Gasteiger partial charge in [0.25, 0.3) is 10.1 Å². The van der Waals surface area contributed by atoms with Gasteiger partial charge in [-0.05, 0) is 31.0 Å². The number of para-hydroxylation sites is 1. The molecule has 2 aromatic rings. The maximum atomic E-state index is 12.1. The average Bonchev–Trinajstić information content (AvgIpc) is 2.60. The molecule has 0 aliphatic heterocycles. The minimum absolute atomic E-state index is 0. The van der Waals surface area contributed by atoms with Gasteiger partial charge < -0.3 is 9.84 Å². The summed E-state index contributed by atoms with van der Waals surface area (Å²) in [6.07, 6.45) is 6.53. The van der Waals surface area contributed by atoms with Crippen LogP contribution in [0.25, 0.3) is 0 Å². The molecule has 0 saturated heterocycles. The van der Waals surface area contributed by atoms with Gasteiger partial charge in [-0.2, -0.15) is 8.42 Å². The summed E-state index contributed by atoms with van der Waals surface area (Å²) < 4.78 is 38.8. The molecule has 0 bridgehead atoms. The van der Waals surface area contributed by atoms with Crippen molar-refractivity contribution >= 4 is 10.1 Å². The van der Waals surface area contributed by atoms with E-state index in [0.29, 0.717) is 12.2 Å². The second-order valence-electron chi connectivity index (χ2n) is 6.28. The second kappa shape index (κ2) is 12.2. The Labute approximate surface area is 204 Å². The van der Waals surface area contributed by atoms with Gasteiger partial charge in [0.05, 0.1) is 4.90 Å². The van der Waals surface area contributed by atoms with E-state index in [2.05, 4.69) is 6.92 Å². The average molecular weight is 417 g/mol. The van der Waals surface area contributed by atoms with Gasteiger partial charge in [0.2, 0.25) is 0 Å². The van der Waals surface area contributed by atoms with Crippen LogP contribution in [0.3, 0.4) is 0 Å². The smallest absolute Gasteiger partial charge is 0.872 e. The number of benzene rings is 2. The minimum Gasteiger partial charge on any atom is -0.872 e. The van der Waals surface area contributed by atoms with E-state index >= 15 is 0 Å². The zero-order chi connectivity index (χ0) is 19.0. The second-order valence-corrected chi connectivity index (χ2v) is 7.64. The Bertz CT molecular complexity index is 807. The molecule has 0 fully saturated rings. The third-order valence-corrected chi connectivity index (χ3v) is 5.15. The van der Waals surface area contributed by atoms with E-state index in [1.165, 1.54) is 12.5 Å². The molecule has 0 spiro atoms. The summed E-state index contributed by atoms with van der Waals surface area (Å²) >= 11 is 0. The molecular formula is C20H25KO5S. The molecule has 7 heteroatoms. The summed E-state index contributed by atoms with van der Waals surface area (Å²) in [5.41, 5.74) is 0.249. The number of rotatable bonds is 10. The zero-order valence-electron chi connectivity index (χ0n) is 16.0. The normalized spacial score (nSPS) is 11.0. The Morgan fingerprint density at radius 3 is 2.22 bits per heavy atom. The van der Waals surface area contributed by atoms with Gasteiger partial charge in [-0.3, -0.25) is 4.55 Å². The number of hydrogen-bond donors (Lipinski definition) is 1. The summed E-state index contributed by atoms with van der Waals surface area (Å²) in [5, 5.41) is 12.1. The van der Waals surface area contributed by atoms with E-state index in [-0.39, 0.29) is 62.7 Å². The Balaban J connectivity index is 0.00000364. The summed E-state index contributed by atoms with van der Waals surface area (Å²) in [7, 11) is -4.62. The van der Waals surface area contributed by atoms with Gasteiger partial charge in [0.15, 0.2) is 0 Å². The topological polar surface area (TPSA) is 86.7 Å². The summed E-state index contributed by atoms with van der Waals surface area (Å²) in [4.78, 5) is -0.570. The van der Waals surface area contributed by atoms with Crippen LogP contribution in [0.1, 0.15) is 51.0 Å². The molecule has 27 heavy (non-hydrogen) atoms. The third kappa shape index (κ3) is 7.85. The van der Waals surface area contributed by atoms with E-state index in [1.807, 2.05) is 6.07 Å². The van der Waals surface area contributed by atoms with Crippen molar-refractivity contribution in [2.24, 2.45) is 0 Å². The summed E-state index contributed by atoms with van der Waals surface area (Å²) in [6.45, 7) is 2.14. The number of hydrogen-bond acceptors (Lipinski definition) is 4. The van der Waals surface area contributed by atoms with Gasteiger partial charge in [0.1, 0.15) is 11.5 Å². The van der Waals surface area contributed by atoms with Crippen molar-refractivity contribution in [3.8, 4) is 17.2 Å². The van der Waals surface area contributed by atoms with Crippen LogP contribution in [0.4, 0.5) is 0 Å². The van der Waals surface area contributed by atoms with Gasteiger partial charge >= 0.3 is 51.4 Å². The molecule has 0 amide bonds. The van der Waals surface area contributed by atoms with E-state index in [4.69, 9.17) is 4.74 Å². The van der Waals surface area contributed by atoms with Crippen LogP contribution in [-0.2, 0) is 16.5 Å². The van der Waals surface area contributed by atoms with Crippen molar-refractivity contribution in [2.45, 2.75) is 56.8 Å². The largest absolute Gasteiger partial charge is 1.00 e. The predicted molar refractivity (Wildman–Crippen MR) is 99.3 cm³/mol.